The minimum absolute atomic E-state index is 0.0140. The van der Waals surface area contributed by atoms with E-state index in [-0.39, 0.29) is 11.3 Å². The van der Waals surface area contributed by atoms with Crippen LogP contribution in [0.5, 0.6) is 5.75 Å². The van der Waals surface area contributed by atoms with Gasteiger partial charge in [-0.1, -0.05) is 35.5 Å². The Morgan fingerprint density at radius 3 is 2.42 bits per heavy atom. The van der Waals surface area contributed by atoms with Gasteiger partial charge in [-0.15, -0.1) is 0 Å². The van der Waals surface area contributed by atoms with Crippen LogP contribution >= 0.6 is 23.4 Å². The number of rotatable bonds is 7. The fourth-order valence-corrected chi connectivity index (χ4v) is 4.58. The van der Waals surface area contributed by atoms with Gasteiger partial charge >= 0.3 is 0 Å². The van der Waals surface area contributed by atoms with Gasteiger partial charge in [0.15, 0.2) is 5.16 Å². The summed E-state index contributed by atoms with van der Waals surface area (Å²) in [6.45, 7) is 0. The van der Waals surface area contributed by atoms with Gasteiger partial charge in [-0.25, -0.2) is 18.2 Å². The van der Waals surface area contributed by atoms with Gasteiger partial charge in [0.05, 0.1) is 30.1 Å². The van der Waals surface area contributed by atoms with Gasteiger partial charge in [0.25, 0.3) is 0 Å². The highest BCUT2D eigenvalue weighted by atomic mass is 35.5. The summed E-state index contributed by atoms with van der Waals surface area (Å²) >= 11 is 7.28. The number of hydrogen-bond donors (Lipinski definition) is 1. The molecule has 2 N–H and O–H groups in total. The second kappa shape index (κ2) is 9.91. The molecule has 4 aromatic rings. The van der Waals surface area contributed by atoms with Gasteiger partial charge in [-0.3, -0.25) is 4.57 Å². The Balaban J connectivity index is 1.75. The maximum atomic E-state index is 14.1. The Labute approximate surface area is 198 Å². The predicted octanol–water partition coefficient (Wildman–Crippen LogP) is 6.29. The van der Waals surface area contributed by atoms with Crippen molar-refractivity contribution in [2.75, 3.05) is 7.11 Å². The lowest BCUT2D eigenvalue weighted by Crippen LogP contribution is -2.16. The van der Waals surface area contributed by atoms with Crippen molar-refractivity contribution in [1.29, 1.82) is 0 Å². The molecule has 0 saturated heterocycles. The van der Waals surface area contributed by atoms with Crippen LogP contribution in [-0.4, -0.2) is 16.7 Å². The average molecular weight is 490 g/mol. The summed E-state index contributed by atoms with van der Waals surface area (Å²) in [6, 6.07) is 14.1. The number of halogens is 4. The summed E-state index contributed by atoms with van der Waals surface area (Å²) in [7, 11) is 1.51. The molecule has 4 nitrogen and oxygen atoms in total. The minimum atomic E-state index is -0.632. The third kappa shape index (κ3) is 4.88. The lowest BCUT2D eigenvalue weighted by Gasteiger charge is -2.18. The number of benzene rings is 3. The van der Waals surface area contributed by atoms with Crippen molar-refractivity contribution >= 4 is 23.4 Å². The number of imidazole rings is 1. The Hall–Kier alpha value is -2.94. The average Bonchev–Trinajstić information content (AvgIpc) is 3.23. The van der Waals surface area contributed by atoms with Crippen molar-refractivity contribution in [3.05, 3.63) is 106 Å². The summed E-state index contributed by atoms with van der Waals surface area (Å²) in [5, 5.41) is 0.902. The minimum Gasteiger partial charge on any atom is -0.495 e. The van der Waals surface area contributed by atoms with Gasteiger partial charge in [0, 0.05) is 17.0 Å². The normalized spacial score (nSPS) is 12.1. The van der Waals surface area contributed by atoms with E-state index in [1.54, 1.807) is 41.1 Å². The van der Waals surface area contributed by atoms with Crippen LogP contribution < -0.4 is 10.5 Å². The first-order valence-electron chi connectivity index (χ1n) is 9.87. The lowest BCUT2D eigenvalue weighted by molar-refractivity contribution is 0.414. The number of aromatic nitrogens is 2. The van der Waals surface area contributed by atoms with Gasteiger partial charge in [0.2, 0.25) is 0 Å². The zero-order valence-corrected chi connectivity index (χ0v) is 19.0. The highest BCUT2D eigenvalue weighted by Crippen LogP contribution is 2.34. The summed E-state index contributed by atoms with van der Waals surface area (Å²) in [4.78, 5) is 4.45. The molecule has 0 spiro atoms. The van der Waals surface area contributed by atoms with Crippen molar-refractivity contribution in [2.24, 2.45) is 5.73 Å². The SMILES string of the molecule is COc1cc(C(N)c2cnc(SCc3c(F)cccc3F)n2-c2ccc(F)cc2)ccc1Cl. The van der Waals surface area contributed by atoms with E-state index in [1.807, 2.05) is 0 Å². The zero-order chi connectivity index (χ0) is 23.5. The lowest BCUT2D eigenvalue weighted by atomic mass is 10.0. The molecule has 0 aliphatic carbocycles. The van der Waals surface area contributed by atoms with Crippen molar-refractivity contribution in [2.45, 2.75) is 17.0 Å². The summed E-state index contributed by atoms with van der Waals surface area (Å²) in [5.74, 6) is -1.17. The maximum Gasteiger partial charge on any atom is 0.173 e. The molecule has 0 aliphatic heterocycles. The van der Waals surface area contributed by atoms with Crippen LogP contribution in [0, 0.1) is 17.5 Å². The highest BCUT2D eigenvalue weighted by molar-refractivity contribution is 7.98. The zero-order valence-electron chi connectivity index (χ0n) is 17.4. The van der Waals surface area contributed by atoms with E-state index in [0.29, 0.717) is 27.3 Å². The first-order chi connectivity index (χ1) is 15.9. The van der Waals surface area contributed by atoms with Gasteiger partial charge < -0.3 is 10.5 Å². The first-order valence-corrected chi connectivity index (χ1v) is 11.2. The molecule has 0 aliphatic rings. The molecule has 9 heteroatoms. The molecule has 1 aromatic heterocycles. The van der Waals surface area contributed by atoms with Crippen molar-refractivity contribution in [1.82, 2.24) is 9.55 Å². The van der Waals surface area contributed by atoms with E-state index in [4.69, 9.17) is 22.1 Å². The topological polar surface area (TPSA) is 53.1 Å². The third-order valence-corrected chi connectivity index (χ3v) is 6.39. The molecule has 0 fully saturated rings. The molecular formula is C24H19ClF3N3OS. The molecule has 0 radical (unpaired) electrons. The number of thioether (sulfide) groups is 1. The number of ether oxygens (including phenoxy) is 1. The van der Waals surface area contributed by atoms with E-state index < -0.39 is 23.5 Å². The molecule has 0 amide bonds. The van der Waals surface area contributed by atoms with Crippen molar-refractivity contribution in [3.8, 4) is 11.4 Å². The van der Waals surface area contributed by atoms with Crippen LogP contribution in [0.3, 0.4) is 0 Å². The monoisotopic (exact) mass is 489 g/mol. The Morgan fingerprint density at radius 1 is 1.06 bits per heavy atom. The number of nitrogens with zero attached hydrogens (tertiary/aromatic N) is 2. The van der Waals surface area contributed by atoms with Gasteiger partial charge in [-0.05, 0) is 54.1 Å². The van der Waals surface area contributed by atoms with Crippen molar-refractivity contribution < 1.29 is 17.9 Å². The molecule has 1 heterocycles. The molecule has 3 aromatic carbocycles. The molecule has 1 unspecified atom stereocenters. The molecule has 1 atom stereocenters. The second-order valence-corrected chi connectivity index (χ2v) is 8.49. The van der Waals surface area contributed by atoms with Crippen LogP contribution in [-0.2, 0) is 5.75 Å². The molecular weight excluding hydrogens is 471 g/mol. The first kappa shape index (κ1) is 23.2. The number of nitrogens with two attached hydrogens (primary N) is 1. The van der Waals surface area contributed by atoms with Crippen LogP contribution in [0.1, 0.15) is 22.9 Å². The Bertz CT molecular complexity index is 1260. The van der Waals surface area contributed by atoms with E-state index in [1.165, 1.54) is 37.4 Å². The van der Waals surface area contributed by atoms with Crippen LogP contribution in [0.25, 0.3) is 5.69 Å². The van der Waals surface area contributed by atoms with Gasteiger partial charge in [0.1, 0.15) is 23.2 Å². The van der Waals surface area contributed by atoms with Crippen molar-refractivity contribution in [3.63, 3.8) is 0 Å². The number of methoxy groups -OCH3 is 1. The second-order valence-electron chi connectivity index (χ2n) is 7.14. The summed E-state index contributed by atoms with van der Waals surface area (Å²) in [5.41, 5.74) is 8.44. The Morgan fingerprint density at radius 2 is 1.76 bits per heavy atom. The van der Waals surface area contributed by atoms with E-state index in [9.17, 15) is 13.2 Å². The quantitative estimate of drug-likeness (QED) is 0.310. The van der Waals surface area contributed by atoms with E-state index in [0.717, 1.165) is 17.3 Å². The van der Waals surface area contributed by atoms with E-state index >= 15 is 0 Å². The summed E-state index contributed by atoms with van der Waals surface area (Å²) < 4.78 is 48.8. The molecule has 33 heavy (non-hydrogen) atoms. The van der Waals surface area contributed by atoms with Crippen LogP contribution in [0.15, 0.2) is 72.0 Å². The smallest absolute Gasteiger partial charge is 0.173 e. The van der Waals surface area contributed by atoms with Crippen LogP contribution in [0.2, 0.25) is 5.02 Å². The molecule has 4 rings (SSSR count). The van der Waals surface area contributed by atoms with Gasteiger partial charge in [-0.2, -0.15) is 0 Å². The summed E-state index contributed by atoms with van der Waals surface area (Å²) in [6.07, 6.45) is 1.59. The Kier molecular flexibility index (Phi) is 6.97. The predicted molar refractivity (Wildman–Crippen MR) is 123 cm³/mol. The fourth-order valence-electron chi connectivity index (χ4n) is 3.37. The highest BCUT2D eigenvalue weighted by Gasteiger charge is 2.21. The van der Waals surface area contributed by atoms with Crippen LogP contribution in [0.4, 0.5) is 13.2 Å². The molecule has 0 saturated carbocycles. The standard InChI is InChI=1S/C24H19ClF3N3OS/c1-32-22-11-14(5-10-18(22)25)23(29)21-12-30-24(31(21)16-8-6-15(26)7-9-16)33-13-17-19(27)3-2-4-20(17)28/h2-12,23H,13,29H2,1H3. The molecule has 170 valence electrons. The largest absolute Gasteiger partial charge is 0.495 e. The maximum absolute atomic E-state index is 14.1. The number of hydrogen-bond acceptors (Lipinski definition) is 4. The molecule has 0 bridgehead atoms. The van der Waals surface area contributed by atoms with E-state index in [2.05, 4.69) is 4.98 Å². The third-order valence-electron chi connectivity index (χ3n) is 5.10. The fraction of sp³-hybridized carbons (Fsp3) is 0.125.